The molecule has 1 aliphatic rings. The van der Waals surface area contributed by atoms with E-state index < -0.39 is 24.6 Å². The van der Waals surface area contributed by atoms with Crippen molar-refractivity contribution in [3.63, 3.8) is 0 Å². The van der Waals surface area contributed by atoms with Crippen LogP contribution >= 0.6 is 0 Å². The van der Waals surface area contributed by atoms with Gasteiger partial charge >= 0.3 is 5.97 Å². The van der Waals surface area contributed by atoms with Gasteiger partial charge < -0.3 is 24.3 Å². The molecule has 2 aromatic carbocycles. The molecule has 8 nitrogen and oxygen atoms in total. The van der Waals surface area contributed by atoms with E-state index >= 15 is 0 Å². The minimum atomic E-state index is -0.881. The Hall–Kier alpha value is -3.55. The molecule has 0 unspecified atom stereocenters. The van der Waals surface area contributed by atoms with Crippen molar-refractivity contribution in [1.29, 1.82) is 0 Å². The van der Waals surface area contributed by atoms with E-state index in [1.165, 1.54) is 26.0 Å². The predicted molar refractivity (Wildman–Crippen MR) is 98.7 cm³/mol. The molecule has 28 heavy (non-hydrogen) atoms. The molecule has 1 atom stereocenters. The molecule has 1 amide bonds. The van der Waals surface area contributed by atoms with Crippen LogP contribution in [0.4, 0.5) is 5.69 Å². The number of rotatable bonds is 7. The molecule has 0 saturated heterocycles. The average molecular weight is 385 g/mol. The Balaban J connectivity index is 1.57. The van der Waals surface area contributed by atoms with Crippen molar-refractivity contribution in [3.8, 4) is 17.2 Å². The maximum atomic E-state index is 12.2. The maximum Gasteiger partial charge on any atom is 0.347 e. The van der Waals surface area contributed by atoms with Crippen LogP contribution in [-0.4, -0.2) is 37.2 Å². The van der Waals surface area contributed by atoms with Crippen molar-refractivity contribution in [1.82, 2.24) is 0 Å². The molecule has 0 spiro atoms. The van der Waals surface area contributed by atoms with Crippen LogP contribution in [0.1, 0.15) is 24.2 Å². The van der Waals surface area contributed by atoms with E-state index in [2.05, 4.69) is 5.32 Å². The van der Waals surface area contributed by atoms with Crippen molar-refractivity contribution in [2.75, 3.05) is 18.7 Å². The number of Topliss-reactive ketones (excluding diaryl/α,β-unsaturated/α-hetero) is 1. The van der Waals surface area contributed by atoms with Crippen LogP contribution in [0.2, 0.25) is 0 Å². The number of hydrogen-bond acceptors (Lipinski definition) is 7. The van der Waals surface area contributed by atoms with Gasteiger partial charge in [-0.1, -0.05) is 18.2 Å². The summed E-state index contributed by atoms with van der Waals surface area (Å²) < 4.78 is 20.9. The zero-order valence-corrected chi connectivity index (χ0v) is 15.4. The van der Waals surface area contributed by atoms with Crippen LogP contribution in [0.5, 0.6) is 17.2 Å². The minimum Gasteiger partial charge on any atom is -0.479 e. The monoisotopic (exact) mass is 385 g/mol. The Morgan fingerprint density at radius 2 is 1.79 bits per heavy atom. The highest BCUT2D eigenvalue weighted by Gasteiger charge is 2.22. The van der Waals surface area contributed by atoms with Crippen LogP contribution in [0.25, 0.3) is 0 Å². The quantitative estimate of drug-likeness (QED) is 0.577. The van der Waals surface area contributed by atoms with Gasteiger partial charge in [0.15, 0.2) is 30.0 Å². The van der Waals surface area contributed by atoms with Crippen LogP contribution in [-0.2, 0) is 14.3 Å². The standard InChI is InChI=1S/C20H19NO7/c1-12(22)15-8-17-18(27-11-26-17)9-16(15)21-19(23)10-25-20(24)13(2)28-14-6-4-3-5-7-14/h3-9,13H,10-11H2,1-2H3,(H,21,23)/t13-/m1/s1. The number of para-hydroxylation sites is 1. The third kappa shape index (κ3) is 4.59. The van der Waals surface area contributed by atoms with Gasteiger partial charge in [-0.15, -0.1) is 0 Å². The Morgan fingerprint density at radius 1 is 1.11 bits per heavy atom. The number of carbonyl (C=O) groups is 3. The lowest BCUT2D eigenvalue weighted by Crippen LogP contribution is -2.30. The second-order valence-electron chi connectivity index (χ2n) is 6.04. The smallest absolute Gasteiger partial charge is 0.347 e. The minimum absolute atomic E-state index is 0.0427. The third-order valence-corrected chi connectivity index (χ3v) is 3.90. The third-order valence-electron chi connectivity index (χ3n) is 3.90. The van der Waals surface area contributed by atoms with Gasteiger partial charge in [-0.05, 0) is 32.0 Å². The number of nitrogens with one attached hydrogen (secondary N) is 1. The summed E-state index contributed by atoms with van der Waals surface area (Å²) in [6.45, 7) is 2.42. The number of fused-ring (bicyclic) bond motifs is 1. The van der Waals surface area contributed by atoms with Gasteiger partial charge in [-0.3, -0.25) is 9.59 Å². The van der Waals surface area contributed by atoms with Gasteiger partial charge in [0.1, 0.15) is 5.75 Å². The van der Waals surface area contributed by atoms with Gasteiger partial charge in [-0.2, -0.15) is 0 Å². The normalized spacial score (nSPS) is 12.8. The topological polar surface area (TPSA) is 100 Å². The molecular formula is C20H19NO7. The summed E-state index contributed by atoms with van der Waals surface area (Å²) in [7, 11) is 0. The number of anilines is 1. The fraction of sp³-hybridized carbons (Fsp3) is 0.250. The van der Waals surface area contributed by atoms with Crippen molar-refractivity contribution < 1.29 is 33.3 Å². The summed E-state index contributed by atoms with van der Waals surface area (Å²) in [5.74, 6) is -0.167. The van der Waals surface area contributed by atoms with Gasteiger partial charge in [0.2, 0.25) is 6.79 Å². The second-order valence-corrected chi connectivity index (χ2v) is 6.04. The molecule has 3 rings (SSSR count). The summed E-state index contributed by atoms with van der Waals surface area (Å²) in [4.78, 5) is 36.0. The van der Waals surface area contributed by atoms with Crippen molar-refractivity contribution in [2.45, 2.75) is 20.0 Å². The van der Waals surface area contributed by atoms with E-state index in [4.69, 9.17) is 18.9 Å². The van der Waals surface area contributed by atoms with Gasteiger partial charge in [0.05, 0.1) is 5.69 Å². The largest absolute Gasteiger partial charge is 0.479 e. The zero-order valence-electron chi connectivity index (χ0n) is 15.4. The summed E-state index contributed by atoms with van der Waals surface area (Å²) in [6.07, 6.45) is -0.881. The first-order valence-corrected chi connectivity index (χ1v) is 8.57. The number of amides is 1. The molecule has 1 N–H and O–H groups in total. The highest BCUT2D eigenvalue weighted by molar-refractivity contribution is 6.05. The van der Waals surface area contributed by atoms with Gasteiger partial charge in [0, 0.05) is 11.6 Å². The van der Waals surface area contributed by atoms with E-state index in [9.17, 15) is 14.4 Å². The van der Waals surface area contributed by atoms with Gasteiger partial charge in [-0.25, -0.2) is 4.79 Å². The molecule has 0 aromatic heterocycles. The molecule has 146 valence electrons. The van der Waals surface area contributed by atoms with Crippen LogP contribution in [0.15, 0.2) is 42.5 Å². The Kier molecular flexibility index (Phi) is 5.78. The van der Waals surface area contributed by atoms with Crippen LogP contribution in [0.3, 0.4) is 0 Å². The average Bonchev–Trinajstić information content (AvgIpc) is 3.13. The number of esters is 1. The molecule has 1 aliphatic heterocycles. The van der Waals surface area contributed by atoms with Crippen LogP contribution in [0, 0.1) is 0 Å². The first-order valence-electron chi connectivity index (χ1n) is 8.57. The highest BCUT2D eigenvalue weighted by atomic mass is 16.7. The summed E-state index contributed by atoms with van der Waals surface area (Å²) >= 11 is 0. The Morgan fingerprint density at radius 3 is 2.46 bits per heavy atom. The number of hydrogen-bond donors (Lipinski definition) is 1. The lowest BCUT2D eigenvalue weighted by atomic mass is 10.1. The first-order chi connectivity index (χ1) is 13.4. The predicted octanol–water partition coefficient (Wildman–Crippen LogP) is 2.57. The fourth-order valence-corrected chi connectivity index (χ4v) is 2.53. The molecule has 0 saturated carbocycles. The van der Waals surface area contributed by atoms with E-state index in [0.717, 1.165) is 0 Å². The SMILES string of the molecule is CC(=O)c1cc2c(cc1NC(=O)COC(=O)[C@@H](C)Oc1ccccc1)OCO2. The number of ketones is 1. The second kappa shape index (κ2) is 8.43. The summed E-state index contributed by atoms with van der Waals surface area (Å²) in [5.41, 5.74) is 0.524. The maximum absolute atomic E-state index is 12.2. The number of ether oxygens (including phenoxy) is 4. The van der Waals surface area contributed by atoms with E-state index in [1.54, 1.807) is 24.3 Å². The fourth-order valence-electron chi connectivity index (χ4n) is 2.53. The summed E-state index contributed by atoms with van der Waals surface area (Å²) in [5, 5.41) is 2.55. The lowest BCUT2D eigenvalue weighted by molar-refractivity contribution is -0.153. The first kappa shape index (κ1) is 19.2. The van der Waals surface area contributed by atoms with E-state index in [-0.39, 0.29) is 23.8 Å². The zero-order chi connectivity index (χ0) is 20.1. The lowest BCUT2D eigenvalue weighted by Gasteiger charge is -2.14. The molecule has 0 aliphatic carbocycles. The van der Waals surface area contributed by atoms with Crippen LogP contribution < -0.4 is 19.5 Å². The Bertz CT molecular complexity index is 895. The summed E-state index contributed by atoms with van der Waals surface area (Å²) in [6, 6.07) is 11.8. The van der Waals surface area contributed by atoms with E-state index in [1.807, 2.05) is 6.07 Å². The molecule has 2 aromatic rings. The molecule has 1 heterocycles. The molecular weight excluding hydrogens is 366 g/mol. The number of benzene rings is 2. The molecule has 8 heteroatoms. The van der Waals surface area contributed by atoms with Crippen molar-refractivity contribution in [2.24, 2.45) is 0 Å². The van der Waals surface area contributed by atoms with E-state index in [0.29, 0.717) is 17.2 Å². The number of carbonyl (C=O) groups excluding carboxylic acids is 3. The molecule has 0 fully saturated rings. The van der Waals surface area contributed by atoms with Crippen molar-refractivity contribution in [3.05, 3.63) is 48.0 Å². The molecule has 0 bridgehead atoms. The van der Waals surface area contributed by atoms with Crippen molar-refractivity contribution >= 4 is 23.3 Å². The highest BCUT2D eigenvalue weighted by Crippen LogP contribution is 2.37. The van der Waals surface area contributed by atoms with Gasteiger partial charge in [0.25, 0.3) is 5.91 Å². The Labute approximate surface area is 161 Å². The molecule has 0 radical (unpaired) electrons.